The van der Waals surface area contributed by atoms with Crippen molar-refractivity contribution < 1.29 is 19.1 Å². The number of carbonyl (C=O) groups is 2. The number of amides is 1. The summed E-state index contributed by atoms with van der Waals surface area (Å²) in [4.78, 5) is 27.1. The molecule has 2 heterocycles. The van der Waals surface area contributed by atoms with Crippen LogP contribution in [0, 0.1) is 12.7 Å². The summed E-state index contributed by atoms with van der Waals surface area (Å²) in [7, 11) is 0. The highest BCUT2D eigenvalue weighted by Crippen LogP contribution is 2.42. The van der Waals surface area contributed by atoms with Crippen molar-refractivity contribution in [3.8, 4) is 0 Å². The first-order chi connectivity index (χ1) is 14.5. The Morgan fingerprint density at radius 3 is 2.47 bits per heavy atom. The number of carbonyl (C=O) groups excluding carboxylic acids is 2. The zero-order chi connectivity index (χ0) is 21.3. The number of ketones is 1. The predicted octanol–water partition coefficient (Wildman–Crippen LogP) is 4.17. The van der Waals surface area contributed by atoms with Gasteiger partial charge in [-0.3, -0.25) is 14.5 Å². The Balaban J connectivity index is 1.78. The number of nitrogens with zero attached hydrogens (tertiary/aromatic N) is 3. The Labute approximate surface area is 175 Å². The van der Waals surface area contributed by atoms with E-state index in [1.807, 2.05) is 30.3 Å². The highest BCUT2D eigenvalue weighted by molar-refractivity contribution is 7.15. The third-order valence-electron chi connectivity index (χ3n) is 4.61. The smallest absolute Gasteiger partial charge is 0.296 e. The number of halogens is 1. The summed E-state index contributed by atoms with van der Waals surface area (Å²) < 4.78 is 13.5. The molecule has 0 bridgehead atoms. The van der Waals surface area contributed by atoms with E-state index in [0.717, 1.165) is 16.9 Å². The molecule has 0 saturated heterocycles. The highest BCUT2D eigenvalue weighted by atomic mass is 32.1. The van der Waals surface area contributed by atoms with Crippen molar-refractivity contribution in [2.75, 3.05) is 4.90 Å². The molecule has 0 fully saturated rings. The SMILES string of the molecule is Cc1nnc(N2C(=O)C(O)=C(C(=O)/C=C/c3ccccc3)C2c2ccc(F)cc2)s1. The van der Waals surface area contributed by atoms with Crippen molar-refractivity contribution in [3.63, 3.8) is 0 Å². The minimum atomic E-state index is -0.946. The van der Waals surface area contributed by atoms with E-state index in [4.69, 9.17) is 0 Å². The molecule has 1 N–H and O–H groups in total. The van der Waals surface area contributed by atoms with E-state index < -0.39 is 29.3 Å². The minimum absolute atomic E-state index is 0.0911. The summed E-state index contributed by atoms with van der Waals surface area (Å²) >= 11 is 1.16. The van der Waals surface area contributed by atoms with Gasteiger partial charge < -0.3 is 5.11 Å². The Morgan fingerprint density at radius 1 is 1.13 bits per heavy atom. The Hall–Kier alpha value is -3.65. The van der Waals surface area contributed by atoms with Crippen LogP contribution < -0.4 is 4.90 Å². The van der Waals surface area contributed by atoms with Gasteiger partial charge in [0.25, 0.3) is 5.91 Å². The molecule has 0 radical (unpaired) electrons. The number of benzene rings is 2. The molecule has 1 amide bonds. The average Bonchev–Trinajstić information content (AvgIpc) is 3.28. The second kappa shape index (κ2) is 8.00. The molecule has 3 aromatic rings. The number of anilines is 1. The number of aliphatic hydroxyl groups is 1. The van der Waals surface area contributed by atoms with Gasteiger partial charge in [0.1, 0.15) is 10.8 Å². The fraction of sp³-hybridized carbons (Fsp3) is 0.0909. The lowest BCUT2D eigenvalue weighted by Gasteiger charge is -2.23. The number of aliphatic hydroxyl groups excluding tert-OH is 1. The van der Waals surface area contributed by atoms with E-state index in [2.05, 4.69) is 10.2 Å². The first kappa shape index (κ1) is 19.7. The average molecular weight is 421 g/mol. The molecule has 1 aromatic heterocycles. The summed E-state index contributed by atoms with van der Waals surface area (Å²) in [5.41, 5.74) is 1.18. The molecule has 0 aliphatic carbocycles. The van der Waals surface area contributed by atoms with Crippen LogP contribution in [-0.2, 0) is 9.59 Å². The van der Waals surface area contributed by atoms with Crippen LogP contribution in [0.1, 0.15) is 22.2 Å². The molecule has 6 nitrogen and oxygen atoms in total. The third kappa shape index (κ3) is 3.65. The van der Waals surface area contributed by atoms with Crippen molar-refractivity contribution in [2.45, 2.75) is 13.0 Å². The van der Waals surface area contributed by atoms with Gasteiger partial charge in [-0.25, -0.2) is 4.39 Å². The fourth-order valence-corrected chi connectivity index (χ4v) is 3.94. The maximum Gasteiger partial charge on any atom is 0.296 e. The van der Waals surface area contributed by atoms with Crippen LogP contribution in [0.3, 0.4) is 0 Å². The Morgan fingerprint density at radius 2 is 1.83 bits per heavy atom. The molecule has 2 aromatic carbocycles. The Kier molecular flexibility index (Phi) is 5.24. The molecule has 1 atom stereocenters. The van der Waals surface area contributed by atoms with E-state index >= 15 is 0 Å². The van der Waals surface area contributed by atoms with Crippen molar-refractivity contribution in [1.29, 1.82) is 0 Å². The van der Waals surface area contributed by atoms with Gasteiger partial charge in [0, 0.05) is 0 Å². The lowest BCUT2D eigenvalue weighted by atomic mass is 9.96. The van der Waals surface area contributed by atoms with Gasteiger partial charge in [0.05, 0.1) is 11.6 Å². The van der Waals surface area contributed by atoms with Crippen LogP contribution in [0.2, 0.25) is 0 Å². The van der Waals surface area contributed by atoms with Crippen molar-refractivity contribution in [2.24, 2.45) is 0 Å². The molecule has 30 heavy (non-hydrogen) atoms. The summed E-state index contributed by atoms with van der Waals surface area (Å²) in [6.45, 7) is 1.73. The second-order valence-corrected chi connectivity index (χ2v) is 7.76. The summed E-state index contributed by atoms with van der Waals surface area (Å²) in [6.07, 6.45) is 2.91. The van der Waals surface area contributed by atoms with E-state index in [1.54, 1.807) is 13.0 Å². The first-order valence-corrected chi connectivity index (χ1v) is 9.87. The zero-order valence-corrected chi connectivity index (χ0v) is 16.6. The molecule has 0 spiro atoms. The van der Waals surface area contributed by atoms with Gasteiger partial charge in [-0.05, 0) is 36.3 Å². The highest BCUT2D eigenvalue weighted by Gasteiger charge is 2.45. The number of aromatic nitrogens is 2. The number of allylic oxidation sites excluding steroid dienone is 1. The van der Waals surface area contributed by atoms with E-state index in [0.29, 0.717) is 10.6 Å². The standard InChI is InChI=1S/C22H16FN3O3S/c1-13-24-25-22(30-13)26-19(15-8-10-16(23)11-9-15)18(20(28)21(26)29)17(27)12-7-14-5-3-2-4-6-14/h2-12,19,28H,1H3/b12-7+. The zero-order valence-electron chi connectivity index (χ0n) is 15.8. The molecular weight excluding hydrogens is 405 g/mol. The van der Waals surface area contributed by atoms with Crippen LogP contribution in [0.15, 0.2) is 72.0 Å². The van der Waals surface area contributed by atoms with Crippen LogP contribution in [0.4, 0.5) is 9.52 Å². The number of aryl methyl sites for hydroxylation is 1. The van der Waals surface area contributed by atoms with Gasteiger partial charge in [-0.2, -0.15) is 0 Å². The lowest BCUT2D eigenvalue weighted by Crippen LogP contribution is -2.30. The molecule has 150 valence electrons. The van der Waals surface area contributed by atoms with E-state index in [1.165, 1.54) is 35.2 Å². The van der Waals surface area contributed by atoms with Gasteiger partial charge in [-0.1, -0.05) is 59.9 Å². The summed E-state index contributed by atoms with van der Waals surface area (Å²) in [5, 5.41) is 19.4. The second-order valence-electron chi connectivity index (χ2n) is 6.60. The third-order valence-corrected chi connectivity index (χ3v) is 5.45. The summed E-state index contributed by atoms with van der Waals surface area (Å²) in [6, 6.07) is 13.6. The van der Waals surface area contributed by atoms with Crippen LogP contribution >= 0.6 is 11.3 Å². The van der Waals surface area contributed by atoms with Gasteiger partial charge in [-0.15, -0.1) is 10.2 Å². The van der Waals surface area contributed by atoms with E-state index in [9.17, 15) is 19.1 Å². The normalized spacial score (nSPS) is 16.7. The fourth-order valence-electron chi connectivity index (χ4n) is 3.22. The lowest BCUT2D eigenvalue weighted by molar-refractivity contribution is -0.117. The van der Waals surface area contributed by atoms with E-state index in [-0.39, 0.29) is 10.7 Å². The summed E-state index contributed by atoms with van der Waals surface area (Å²) in [5.74, 6) is -2.38. The van der Waals surface area contributed by atoms with Crippen LogP contribution in [-0.4, -0.2) is 27.0 Å². The van der Waals surface area contributed by atoms with Crippen molar-refractivity contribution >= 4 is 34.2 Å². The predicted molar refractivity (Wildman–Crippen MR) is 111 cm³/mol. The number of hydrogen-bond acceptors (Lipinski definition) is 6. The molecule has 1 aliphatic rings. The largest absolute Gasteiger partial charge is 0.503 e. The van der Waals surface area contributed by atoms with Crippen molar-refractivity contribution in [3.05, 3.63) is 94.0 Å². The number of rotatable bonds is 5. The molecule has 1 unspecified atom stereocenters. The van der Waals surface area contributed by atoms with Gasteiger partial charge in [0.15, 0.2) is 11.5 Å². The van der Waals surface area contributed by atoms with Crippen LogP contribution in [0.5, 0.6) is 0 Å². The maximum absolute atomic E-state index is 13.5. The minimum Gasteiger partial charge on any atom is -0.503 e. The topological polar surface area (TPSA) is 83.4 Å². The van der Waals surface area contributed by atoms with Crippen molar-refractivity contribution in [1.82, 2.24) is 10.2 Å². The molecule has 8 heteroatoms. The molecule has 0 saturated carbocycles. The molecular formula is C22H16FN3O3S. The van der Waals surface area contributed by atoms with Gasteiger partial charge >= 0.3 is 0 Å². The van der Waals surface area contributed by atoms with Crippen LogP contribution in [0.25, 0.3) is 6.08 Å². The monoisotopic (exact) mass is 421 g/mol. The maximum atomic E-state index is 13.5. The number of hydrogen-bond donors (Lipinski definition) is 1. The quantitative estimate of drug-likeness (QED) is 0.625. The Bertz CT molecular complexity index is 1170. The molecule has 1 aliphatic heterocycles. The first-order valence-electron chi connectivity index (χ1n) is 9.05. The molecule has 4 rings (SSSR count). The van der Waals surface area contributed by atoms with Gasteiger partial charge in [0.2, 0.25) is 5.13 Å².